The molecule has 2 heterocycles. The molecule has 1 amide bonds. The molecule has 0 unspecified atom stereocenters. The number of allylic oxidation sites excluding steroid dienone is 4. The van der Waals surface area contributed by atoms with Gasteiger partial charge in [0.15, 0.2) is 0 Å². The van der Waals surface area contributed by atoms with E-state index in [0.717, 1.165) is 69.0 Å². The maximum atomic E-state index is 13.1. The highest BCUT2D eigenvalue weighted by atomic mass is 19.4. The Bertz CT molecular complexity index is 1080. The van der Waals surface area contributed by atoms with Gasteiger partial charge in [-0.05, 0) is 88.5 Å². The minimum Gasteiger partial charge on any atom is -0.344 e. The molecule has 1 aliphatic heterocycles. The number of nitrogens with zero attached hydrogens (tertiary/aromatic N) is 2. The topological polar surface area (TPSA) is 37.3 Å². The lowest BCUT2D eigenvalue weighted by molar-refractivity contribution is -0.137. The Hall–Kier alpha value is -2.80. The van der Waals surface area contributed by atoms with Crippen LogP contribution in [0.15, 0.2) is 48.6 Å². The summed E-state index contributed by atoms with van der Waals surface area (Å²) in [5.41, 5.74) is 2.90. The third-order valence-electron chi connectivity index (χ3n) is 6.71. The fourth-order valence-corrected chi connectivity index (χ4v) is 4.85. The van der Waals surface area contributed by atoms with Gasteiger partial charge in [0, 0.05) is 23.6 Å². The summed E-state index contributed by atoms with van der Waals surface area (Å²) in [6, 6.07) is 6.65. The number of rotatable bonds is 7. The standard InChI is InChI=1S/C27H32F3N3O/c1-20-24(26(34)31-23-13-8-12-22(18-23)27(28,29)30)19-25(21-10-4-2-5-11-21)33(20)17-9-16-32-14-6-3-7-15-32/h2,4,8,10,12-13,18-19H,3,5-7,9,11,14-17H2,1H3,(H,31,34). The van der Waals surface area contributed by atoms with Gasteiger partial charge in [-0.15, -0.1) is 0 Å². The smallest absolute Gasteiger partial charge is 0.344 e. The molecular weight excluding hydrogens is 439 g/mol. The van der Waals surface area contributed by atoms with Crippen molar-refractivity contribution in [3.63, 3.8) is 0 Å². The Morgan fingerprint density at radius 3 is 2.59 bits per heavy atom. The highest BCUT2D eigenvalue weighted by molar-refractivity contribution is 6.05. The Kier molecular flexibility index (Phi) is 7.61. The minimum absolute atomic E-state index is 0.137. The lowest BCUT2D eigenvalue weighted by atomic mass is 10.0. The van der Waals surface area contributed by atoms with Crippen molar-refractivity contribution < 1.29 is 18.0 Å². The van der Waals surface area contributed by atoms with Crippen LogP contribution in [0.5, 0.6) is 0 Å². The van der Waals surface area contributed by atoms with E-state index in [0.29, 0.717) is 5.56 Å². The number of hydrogen-bond acceptors (Lipinski definition) is 2. The van der Waals surface area contributed by atoms with Gasteiger partial charge >= 0.3 is 6.18 Å². The van der Waals surface area contributed by atoms with Crippen LogP contribution in [0.4, 0.5) is 18.9 Å². The highest BCUT2D eigenvalue weighted by Crippen LogP contribution is 2.32. The first-order valence-electron chi connectivity index (χ1n) is 12.1. The molecule has 1 aromatic carbocycles. The first-order chi connectivity index (χ1) is 16.3. The number of alkyl halides is 3. The fraction of sp³-hybridized carbons (Fsp3) is 0.444. The van der Waals surface area contributed by atoms with Gasteiger partial charge in [0.2, 0.25) is 0 Å². The van der Waals surface area contributed by atoms with Crippen molar-refractivity contribution in [3.05, 3.63) is 71.1 Å². The van der Waals surface area contributed by atoms with Crippen LogP contribution in [0, 0.1) is 6.92 Å². The van der Waals surface area contributed by atoms with Gasteiger partial charge in [-0.1, -0.05) is 30.7 Å². The van der Waals surface area contributed by atoms with Gasteiger partial charge in [-0.2, -0.15) is 13.2 Å². The van der Waals surface area contributed by atoms with E-state index in [1.165, 1.54) is 37.0 Å². The van der Waals surface area contributed by atoms with Gasteiger partial charge < -0.3 is 14.8 Å². The second-order valence-electron chi connectivity index (χ2n) is 9.13. The molecule has 0 atom stereocenters. The van der Waals surface area contributed by atoms with Crippen LogP contribution in [0.1, 0.15) is 65.8 Å². The summed E-state index contributed by atoms with van der Waals surface area (Å²) in [5.74, 6) is -0.389. The molecule has 4 nitrogen and oxygen atoms in total. The lowest BCUT2D eigenvalue weighted by Gasteiger charge is -2.26. The van der Waals surface area contributed by atoms with Gasteiger partial charge in [0.05, 0.1) is 11.1 Å². The van der Waals surface area contributed by atoms with E-state index in [1.54, 1.807) is 0 Å². The van der Waals surface area contributed by atoms with Gasteiger partial charge in [-0.25, -0.2) is 0 Å². The number of hydrogen-bond donors (Lipinski definition) is 1. The molecule has 2 aromatic rings. The number of nitrogens with one attached hydrogen (secondary N) is 1. The zero-order valence-corrected chi connectivity index (χ0v) is 19.6. The Morgan fingerprint density at radius 1 is 1.09 bits per heavy atom. The molecule has 1 fully saturated rings. The maximum Gasteiger partial charge on any atom is 0.416 e. The molecule has 1 N–H and O–H groups in total. The third kappa shape index (κ3) is 5.81. The molecule has 182 valence electrons. The zero-order chi connectivity index (χ0) is 24.1. The van der Waals surface area contributed by atoms with E-state index >= 15 is 0 Å². The summed E-state index contributed by atoms with van der Waals surface area (Å²) in [6.07, 6.45) is 8.47. The van der Waals surface area contributed by atoms with Crippen molar-refractivity contribution in [1.82, 2.24) is 9.47 Å². The summed E-state index contributed by atoms with van der Waals surface area (Å²) in [6.45, 7) is 6.05. The van der Waals surface area contributed by atoms with Crippen LogP contribution in [-0.2, 0) is 12.7 Å². The molecule has 2 aliphatic rings. The van der Waals surface area contributed by atoms with Crippen LogP contribution >= 0.6 is 0 Å². The zero-order valence-electron chi connectivity index (χ0n) is 19.6. The first-order valence-corrected chi connectivity index (χ1v) is 12.1. The molecule has 7 heteroatoms. The molecule has 0 bridgehead atoms. The molecule has 1 saturated heterocycles. The van der Waals surface area contributed by atoms with E-state index in [-0.39, 0.29) is 11.6 Å². The number of amides is 1. The van der Waals surface area contributed by atoms with Crippen molar-refractivity contribution in [2.75, 3.05) is 25.0 Å². The van der Waals surface area contributed by atoms with Crippen LogP contribution in [0.2, 0.25) is 0 Å². The van der Waals surface area contributed by atoms with E-state index in [1.807, 2.05) is 19.1 Å². The Labute approximate surface area is 199 Å². The molecule has 1 aromatic heterocycles. The number of likely N-dealkylation sites (tertiary alicyclic amines) is 1. The quantitative estimate of drug-likeness (QED) is 0.489. The maximum absolute atomic E-state index is 13.1. The van der Waals surface area contributed by atoms with Crippen LogP contribution in [0.3, 0.4) is 0 Å². The van der Waals surface area contributed by atoms with Crippen LogP contribution in [-0.4, -0.2) is 35.0 Å². The molecular formula is C27H32F3N3O. The summed E-state index contributed by atoms with van der Waals surface area (Å²) in [7, 11) is 0. The molecule has 34 heavy (non-hydrogen) atoms. The summed E-state index contributed by atoms with van der Waals surface area (Å²) < 4.78 is 41.4. The number of carbonyl (C=O) groups excluding carboxylic acids is 1. The van der Waals surface area contributed by atoms with E-state index in [4.69, 9.17) is 0 Å². The molecule has 1 aliphatic carbocycles. The number of benzene rings is 1. The second kappa shape index (κ2) is 10.6. The normalized spacial score (nSPS) is 17.0. The van der Waals surface area contributed by atoms with Gasteiger partial charge in [0.25, 0.3) is 5.91 Å². The average Bonchev–Trinajstić information content (AvgIpc) is 3.16. The number of anilines is 1. The molecule has 0 spiro atoms. The van der Waals surface area contributed by atoms with E-state index in [9.17, 15) is 18.0 Å². The monoisotopic (exact) mass is 471 g/mol. The highest BCUT2D eigenvalue weighted by Gasteiger charge is 2.30. The fourth-order valence-electron chi connectivity index (χ4n) is 4.85. The number of aromatic nitrogens is 1. The summed E-state index contributed by atoms with van der Waals surface area (Å²) in [4.78, 5) is 15.6. The van der Waals surface area contributed by atoms with Crippen molar-refractivity contribution in [3.8, 4) is 0 Å². The van der Waals surface area contributed by atoms with Crippen molar-refractivity contribution in [1.29, 1.82) is 0 Å². The number of carbonyl (C=O) groups is 1. The van der Waals surface area contributed by atoms with Crippen molar-refractivity contribution >= 4 is 17.2 Å². The van der Waals surface area contributed by atoms with E-state index < -0.39 is 11.7 Å². The molecule has 4 rings (SSSR count). The first kappa shape index (κ1) is 24.3. The van der Waals surface area contributed by atoms with Crippen molar-refractivity contribution in [2.24, 2.45) is 0 Å². The van der Waals surface area contributed by atoms with E-state index in [2.05, 4.69) is 26.9 Å². The largest absolute Gasteiger partial charge is 0.416 e. The average molecular weight is 472 g/mol. The minimum atomic E-state index is -4.46. The van der Waals surface area contributed by atoms with Gasteiger partial charge in [0.1, 0.15) is 0 Å². The second-order valence-corrected chi connectivity index (χ2v) is 9.13. The summed E-state index contributed by atoms with van der Waals surface area (Å²) >= 11 is 0. The van der Waals surface area contributed by atoms with Gasteiger partial charge in [-0.3, -0.25) is 4.79 Å². The molecule has 0 saturated carbocycles. The summed E-state index contributed by atoms with van der Waals surface area (Å²) in [5, 5.41) is 2.67. The number of piperidine rings is 1. The predicted octanol–water partition coefficient (Wildman–Crippen LogP) is 6.68. The van der Waals surface area contributed by atoms with Crippen LogP contribution < -0.4 is 5.32 Å². The Balaban J connectivity index is 1.55. The number of halogens is 3. The van der Waals surface area contributed by atoms with Crippen molar-refractivity contribution in [2.45, 2.75) is 58.2 Å². The molecule has 0 radical (unpaired) electrons. The third-order valence-corrected chi connectivity index (χ3v) is 6.71. The predicted molar refractivity (Wildman–Crippen MR) is 130 cm³/mol. The lowest BCUT2D eigenvalue weighted by Crippen LogP contribution is -2.31. The SMILES string of the molecule is Cc1c(C(=O)Nc2cccc(C(F)(F)F)c2)cc(C2=CC=CCC2)n1CCCN1CCCCC1. The Morgan fingerprint density at radius 2 is 1.88 bits per heavy atom. The van der Waals surface area contributed by atoms with Crippen LogP contribution in [0.25, 0.3) is 5.57 Å².